The Morgan fingerprint density at radius 3 is 2.81 bits per heavy atom. The van der Waals surface area contributed by atoms with Crippen molar-refractivity contribution < 1.29 is 18.8 Å². The van der Waals surface area contributed by atoms with Crippen LogP contribution in [0.5, 0.6) is 5.75 Å². The van der Waals surface area contributed by atoms with Crippen LogP contribution in [0.1, 0.15) is 29.0 Å². The number of nitriles is 1. The van der Waals surface area contributed by atoms with Crippen LogP contribution in [0.2, 0.25) is 0 Å². The normalized spacial score (nSPS) is 19.6. The molecule has 1 aliphatic heterocycles. The molecule has 0 saturated carbocycles. The number of amides is 1. The fourth-order valence-electron chi connectivity index (χ4n) is 2.95. The van der Waals surface area contributed by atoms with Crippen molar-refractivity contribution in [2.24, 2.45) is 0 Å². The van der Waals surface area contributed by atoms with E-state index in [1.807, 2.05) is 6.92 Å². The molecule has 2 aromatic rings. The lowest BCUT2D eigenvalue weighted by molar-refractivity contribution is -0.123. The number of carbonyl (C=O) groups is 1. The Kier molecular flexibility index (Phi) is 5.54. The molecule has 1 N–H and O–H groups in total. The second kappa shape index (κ2) is 8.02. The summed E-state index contributed by atoms with van der Waals surface area (Å²) in [5.74, 6) is 1.21. The van der Waals surface area contributed by atoms with Gasteiger partial charge in [0.2, 0.25) is 5.91 Å². The van der Waals surface area contributed by atoms with Gasteiger partial charge in [0.05, 0.1) is 36.4 Å². The van der Waals surface area contributed by atoms with E-state index in [1.165, 1.54) is 0 Å². The number of rotatable bonds is 5. The quantitative estimate of drug-likeness (QED) is 0.882. The van der Waals surface area contributed by atoms with Crippen LogP contribution >= 0.6 is 0 Å². The lowest BCUT2D eigenvalue weighted by Gasteiger charge is -2.32. The van der Waals surface area contributed by atoms with Gasteiger partial charge in [0.25, 0.3) is 0 Å². The van der Waals surface area contributed by atoms with Crippen molar-refractivity contribution in [3.05, 3.63) is 46.8 Å². The van der Waals surface area contributed by atoms with Gasteiger partial charge in [-0.15, -0.1) is 0 Å². The predicted molar refractivity (Wildman–Crippen MR) is 92.6 cm³/mol. The van der Waals surface area contributed by atoms with E-state index in [0.717, 1.165) is 11.3 Å². The van der Waals surface area contributed by atoms with E-state index in [0.29, 0.717) is 36.7 Å². The molecular weight excluding hydrogens is 334 g/mol. The van der Waals surface area contributed by atoms with E-state index >= 15 is 0 Å². The van der Waals surface area contributed by atoms with Gasteiger partial charge in [-0.3, -0.25) is 4.79 Å². The molecule has 1 aromatic heterocycles. The van der Waals surface area contributed by atoms with Crippen molar-refractivity contribution >= 4 is 5.91 Å². The SMILES string of the molecule is Cc1noc(C)c1CC(=O)N[C@@H]1CCOC[C@H]1Oc1ccc(C#N)cc1. The summed E-state index contributed by atoms with van der Waals surface area (Å²) in [6, 6.07) is 8.82. The summed E-state index contributed by atoms with van der Waals surface area (Å²) in [4.78, 5) is 12.5. The van der Waals surface area contributed by atoms with E-state index in [-0.39, 0.29) is 24.5 Å². The summed E-state index contributed by atoms with van der Waals surface area (Å²) < 4.78 is 16.6. The van der Waals surface area contributed by atoms with Gasteiger partial charge in [0, 0.05) is 12.2 Å². The Hall–Kier alpha value is -2.85. The average molecular weight is 355 g/mol. The number of carbonyl (C=O) groups excluding carboxylic acids is 1. The molecule has 0 aliphatic carbocycles. The summed E-state index contributed by atoms with van der Waals surface area (Å²) in [6.07, 6.45) is 0.612. The molecule has 1 aliphatic rings. The Morgan fingerprint density at radius 2 is 2.15 bits per heavy atom. The number of nitrogens with zero attached hydrogens (tertiary/aromatic N) is 2. The Balaban J connectivity index is 1.63. The first kappa shape index (κ1) is 18.0. The molecule has 0 bridgehead atoms. The summed E-state index contributed by atoms with van der Waals surface area (Å²) >= 11 is 0. The molecule has 0 spiro atoms. The second-order valence-corrected chi connectivity index (χ2v) is 6.31. The Morgan fingerprint density at radius 1 is 1.38 bits per heavy atom. The number of nitrogens with one attached hydrogen (secondary N) is 1. The van der Waals surface area contributed by atoms with E-state index in [1.54, 1.807) is 31.2 Å². The third-order valence-electron chi connectivity index (χ3n) is 4.44. The minimum absolute atomic E-state index is 0.0975. The van der Waals surface area contributed by atoms with Crippen molar-refractivity contribution in [1.29, 1.82) is 5.26 Å². The fourth-order valence-corrected chi connectivity index (χ4v) is 2.95. The van der Waals surface area contributed by atoms with Crippen molar-refractivity contribution in [2.75, 3.05) is 13.2 Å². The van der Waals surface area contributed by atoms with Crippen LogP contribution in [0, 0.1) is 25.2 Å². The van der Waals surface area contributed by atoms with Crippen LogP contribution in [0.15, 0.2) is 28.8 Å². The summed E-state index contributed by atoms with van der Waals surface area (Å²) in [7, 11) is 0. The molecule has 1 aromatic carbocycles. The minimum Gasteiger partial charge on any atom is -0.486 e. The zero-order chi connectivity index (χ0) is 18.5. The highest BCUT2D eigenvalue weighted by molar-refractivity contribution is 5.79. The van der Waals surface area contributed by atoms with Gasteiger partial charge in [0.1, 0.15) is 17.6 Å². The maximum absolute atomic E-state index is 12.5. The van der Waals surface area contributed by atoms with Gasteiger partial charge in [-0.05, 0) is 44.5 Å². The number of ether oxygens (including phenoxy) is 2. The van der Waals surface area contributed by atoms with Gasteiger partial charge in [-0.1, -0.05) is 5.16 Å². The highest BCUT2D eigenvalue weighted by Gasteiger charge is 2.29. The van der Waals surface area contributed by atoms with Crippen molar-refractivity contribution in [3.63, 3.8) is 0 Å². The van der Waals surface area contributed by atoms with Crippen LogP contribution in [0.4, 0.5) is 0 Å². The first-order valence-electron chi connectivity index (χ1n) is 8.52. The number of benzene rings is 1. The molecule has 0 unspecified atom stereocenters. The monoisotopic (exact) mass is 355 g/mol. The Bertz CT molecular complexity index is 788. The van der Waals surface area contributed by atoms with E-state index in [4.69, 9.17) is 19.3 Å². The number of aryl methyl sites for hydroxylation is 2. The van der Waals surface area contributed by atoms with E-state index in [2.05, 4.69) is 16.5 Å². The largest absolute Gasteiger partial charge is 0.486 e. The topological polar surface area (TPSA) is 97.4 Å². The summed E-state index contributed by atoms with van der Waals surface area (Å²) in [5.41, 5.74) is 2.12. The smallest absolute Gasteiger partial charge is 0.224 e. The maximum Gasteiger partial charge on any atom is 0.224 e. The van der Waals surface area contributed by atoms with Gasteiger partial charge in [-0.25, -0.2) is 0 Å². The molecule has 0 radical (unpaired) electrons. The molecule has 2 atom stereocenters. The number of hydrogen-bond acceptors (Lipinski definition) is 6. The molecule has 26 heavy (non-hydrogen) atoms. The zero-order valence-electron chi connectivity index (χ0n) is 14.8. The molecule has 1 fully saturated rings. The first-order chi connectivity index (χ1) is 12.6. The highest BCUT2D eigenvalue weighted by Crippen LogP contribution is 2.19. The number of hydrogen-bond donors (Lipinski definition) is 1. The molecule has 1 saturated heterocycles. The molecule has 7 nitrogen and oxygen atoms in total. The third kappa shape index (κ3) is 4.21. The van der Waals surface area contributed by atoms with Crippen LogP contribution in [-0.4, -0.2) is 36.4 Å². The van der Waals surface area contributed by atoms with Gasteiger partial charge >= 0.3 is 0 Å². The van der Waals surface area contributed by atoms with Gasteiger partial charge in [-0.2, -0.15) is 5.26 Å². The first-order valence-corrected chi connectivity index (χ1v) is 8.52. The third-order valence-corrected chi connectivity index (χ3v) is 4.44. The Labute approximate surface area is 151 Å². The zero-order valence-corrected chi connectivity index (χ0v) is 14.8. The number of aromatic nitrogens is 1. The molecule has 3 rings (SSSR count). The minimum atomic E-state index is -0.287. The lowest BCUT2D eigenvalue weighted by Crippen LogP contribution is -2.51. The summed E-state index contributed by atoms with van der Waals surface area (Å²) in [6.45, 7) is 4.60. The highest BCUT2D eigenvalue weighted by atomic mass is 16.5. The average Bonchev–Trinajstić information content (AvgIpc) is 2.96. The van der Waals surface area contributed by atoms with Crippen LogP contribution in [0.25, 0.3) is 0 Å². The maximum atomic E-state index is 12.5. The van der Waals surface area contributed by atoms with E-state index in [9.17, 15) is 4.79 Å². The van der Waals surface area contributed by atoms with Crippen LogP contribution in [-0.2, 0) is 16.0 Å². The summed E-state index contributed by atoms with van der Waals surface area (Å²) in [5, 5.41) is 15.8. The lowest BCUT2D eigenvalue weighted by atomic mass is 10.0. The standard InChI is InChI=1S/C19H21N3O4/c1-12-16(13(2)26-22-12)9-19(23)21-17-7-8-24-11-18(17)25-15-5-3-14(10-20)4-6-15/h3-6,17-18H,7-9,11H2,1-2H3,(H,21,23)/t17-,18-/m1/s1. The molecular formula is C19H21N3O4. The fraction of sp³-hybridized carbons (Fsp3) is 0.421. The molecule has 7 heteroatoms. The van der Waals surface area contributed by atoms with Crippen molar-refractivity contribution in [2.45, 2.75) is 38.8 Å². The van der Waals surface area contributed by atoms with Gasteiger partial charge in [0.15, 0.2) is 0 Å². The molecule has 1 amide bonds. The second-order valence-electron chi connectivity index (χ2n) is 6.31. The predicted octanol–water partition coefficient (Wildman–Crippen LogP) is 2.06. The van der Waals surface area contributed by atoms with Gasteiger partial charge < -0.3 is 19.3 Å². The van der Waals surface area contributed by atoms with Crippen LogP contribution in [0.3, 0.4) is 0 Å². The van der Waals surface area contributed by atoms with E-state index < -0.39 is 0 Å². The van der Waals surface area contributed by atoms with Crippen LogP contribution < -0.4 is 10.1 Å². The van der Waals surface area contributed by atoms with Crippen molar-refractivity contribution in [3.8, 4) is 11.8 Å². The molecule has 2 heterocycles. The molecule has 136 valence electrons. The van der Waals surface area contributed by atoms with Crippen molar-refractivity contribution in [1.82, 2.24) is 10.5 Å².